The Labute approximate surface area is 119 Å². The van der Waals surface area contributed by atoms with E-state index in [-0.39, 0.29) is 0 Å². The second-order valence-electron chi connectivity index (χ2n) is 4.39. The predicted molar refractivity (Wildman–Crippen MR) is 78.4 cm³/mol. The molecule has 0 aliphatic carbocycles. The zero-order chi connectivity index (χ0) is 14.4. The molecule has 2 rings (SSSR count). The first kappa shape index (κ1) is 14.3. The summed E-state index contributed by atoms with van der Waals surface area (Å²) < 4.78 is 10.8. The molecule has 0 atom stereocenters. The molecule has 0 fully saturated rings. The molecule has 2 aromatic rings. The summed E-state index contributed by atoms with van der Waals surface area (Å²) in [5.41, 5.74) is 2.10. The molecule has 0 bridgehead atoms. The van der Waals surface area contributed by atoms with E-state index in [1.54, 1.807) is 7.11 Å². The molecule has 5 nitrogen and oxygen atoms in total. The van der Waals surface area contributed by atoms with Gasteiger partial charge in [-0.25, -0.2) is 9.97 Å². The lowest BCUT2D eigenvalue weighted by Gasteiger charge is -2.10. The van der Waals surface area contributed by atoms with Gasteiger partial charge in [0.15, 0.2) is 0 Å². The second-order valence-corrected chi connectivity index (χ2v) is 4.39. The van der Waals surface area contributed by atoms with Crippen LogP contribution in [0.1, 0.15) is 11.1 Å². The average Bonchev–Trinajstić information content (AvgIpc) is 2.48. The molecule has 0 aliphatic rings. The highest BCUT2D eigenvalue weighted by molar-refractivity contribution is 5.48. The first-order chi connectivity index (χ1) is 9.74. The lowest BCUT2D eigenvalue weighted by molar-refractivity contribution is 0.202. The fourth-order valence-electron chi connectivity index (χ4n) is 1.84. The van der Waals surface area contributed by atoms with Crippen molar-refractivity contribution in [2.75, 3.05) is 26.1 Å². The van der Waals surface area contributed by atoms with Gasteiger partial charge in [-0.2, -0.15) is 0 Å². The van der Waals surface area contributed by atoms with Crippen LogP contribution in [0.4, 0.5) is 5.82 Å². The van der Waals surface area contributed by atoms with Crippen molar-refractivity contribution in [1.82, 2.24) is 9.97 Å². The number of nitrogens with one attached hydrogen (secondary N) is 1. The van der Waals surface area contributed by atoms with Gasteiger partial charge in [0, 0.05) is 14.2 Å². The molecule has 1 aromatic carbocycles. The number of benzene rings is 1. The van der Waals surface area contributed by atoms with E-state index in [9.17, 15) is 0 Å². The van der Waals surface area contributed by atoms with E-state index in [1.807, 2.05) is 38.2 Å². The van der Waals surface area contributed by atoms with Crippen molar-refractivity contribution in [3.8, 4) is 11.6 Å². The van der Waals surface area contributed by atoms with Crippen LogP contribution >= 0.6 is 0 Å². The van der Waals surface area contributed by atoms with Gasteiger partial charge in [-0.05, 0) is 31.0 Å². The van der Waals surface area contributed by atoms with Crippen LogP contribution in [0.5, 0.6) is 11.6 Å². The Hall–Kier alpha value is -2.14. The summed E-state index contributed by atoms with van der Waals surface area (Å²) in [6.07, 6.45) is 2.38. The molecule has 0 saturated heterocycles. The Morgan fingerprint density at radius 3 is 2.55 bits per heavy atom. The van der Waals surface area contributed by atoms with Crippen LogP contribution in [0.15, 0.2) is 30.6 Å². The standard InChI is InChI=1S/C15H19N3O2/c1-11-14(16-2)17-10-18-15(11)20-13-6-4-12(5-7-13)8-9-19-3/h4-7,10H,8-9H2,1-3H3,(H,16,17,18). The molecule has 1 N–H and O–H groups in total. The molecule has 0 unspecified atom stereocenters. The third-order valence-corrected chi connectivity index (χ3v) is 3.01. The largest absolute Gasteiger partial charge is 0.439 e. The van der Waals surface area contributed by atoms with Crippen molar-refractivity contribution in [1.29, 1.82) is 0 Å². The number of rotatable bonds is 6. The lowest BCUT2D eigenvalue weighted by atomic mass is 10.1. The summed E-state index contributed by atoms with van der Waals surface area (Å²) in [5, 5.41) is 3.01. The van der Waals surface area contributed by atoms with E-state index in [0.717, 1.165) is 30.2 Å². The third kappa shape index (κ3) is 3.45. The smallest absolute Gasteiger partial charge is 0.227 e. The summed E-state index contributed by atoms with van der Waals surface area (Å²) in [4.78, 5) is 8.29. The molecule has 0 radical (unpaired) electrons. The molecule has 5 heteroatoms. The van der Waals surface area contributed by atoms with Gasteiger partial charge in [-0.15, -0.1) is 0 Å². The van der Waals surface area contributed by atoms with Gasteiger partial charge in [0.25, 0.3) is 0 Å². The van der Waals surface area contributed by atoms with Crippen molar-refractivity contribution in [3.05, 3.63) is 41.7 Å². The van der Waals surface area contributed by atoms with Gasteiger partial charge in [-0.1, -0.05) is 12.1 Å². The van der Waals surface area contributed by atoms with E-state index in [0.29, 0.717) is 5.88 Å². The maximum Gasteiger partial charge on any atom is 0.227 e. The normalized spacial score (nSPS) is 10.3. The maximum atomic E-state index is 5.79. The van der Waals surface area contributed by atoms with Crippen LogP contribution < -0.4 is 10.1 Å². The topological polar surface area (TPSA) is 56.3 Å². The highest BCUT2D eigenvalue weighted by Gasteiger charge is 2.07. The van der Waals surface area contributed by atoms with Gasteiger partial charge >= 0.3 is 0 Å². The fraction of sp³-hybridized carbons (Fsp3) is 0.333. The Morgan fingerprint density at radius 1 is 1.15 bits per heavy atom. The van der Waals surface area contributed by atoms with Gasteiger partial charge in [0.2, 0.25) is 5.88 Å². The van der Waals surface area contributed by atoms with E-state index in [2.05, 4.69) is 15.3 Å². The molecule has 1 aromatic heterocycles. The highest BCUT2D eigenvalue weighted by Crippen LogP contribution is 2.25. The molecular weight excluding hydrogens is 254 g/mol. The van der Waals surface area contributed by atoms with Crippen molar-refractivity contribution in [2.24, 2.45) is 0 Å². The third-order valence-electron chi connectivity index (χ3n) is 3.01. The number of ether oxygens (including phenoxy) is 2. The summed E-state index contributed by atoms with van der Waals surface area (Å²) in [5.74, 6) is 2.09. The van der Waals surface area contributed by atoms with Gasteiger partial charge < -0.3 is 14.8 Å². The van der Waals surface area contributed by atoms with Crippen LogP contribution in [0, 0.1) is 6.92 Å². The Morgan fingerprint density at radius 2 is 1.90 bits per heavy atom. The fourth-order valence-corrected chi connectivity index (χ4v) is 1.84. The first-order valence-corrected chi connectivity index (χ1v) is 6.49. The summed E-state index contributed by atoms with van der Waals surface area (Å²) >= 11 is 0. The van der Waals surface area contributed by atoms with Crippen molar-refractivity contribution in [2.45, 2.75) is 13.3 Å². The molecule has 20 heavy (non-hydrogen) atoms. The predicted octanol–water partition coefficient (Wildman–Crippen LogP) is 2.81. The maximum absolute atomic E-state index is 5.79. The Balaban J connectivity index is 2.10. The lowest BCUT2D eigenvalue weighted by Crippen LogP contribution is -2.00. The van der Waals surface area contributed by atoms with Crippen LogP contribution in [-0.4, -0.2) is 30.7 Å². The summed E-state index contributed by atoms with van der Waals surface area (Å²) in [6.45, 7) is 2.64. The van der Waals surface area contributed by atoms with Crippen molar-refractivity contribution < 1.29 is 9.47 Å². The zero-order valence-electron chi connectivity index (χ0n) is 12.0. The molecular formula is C15H19N3O2. The number of hydrogen-bond donors (Lipinski definition) is 1. The monoisotopic (exact) mass is 273 g/mol. The van der Waals surface area contributed by atoms with Gasteiger partial charge in [-0.3, -0.25) is 0 Å². The minimum Gasteiger partial charge on any atom is -0.439 e. The minimum atomic E-state index is 0.564. The molecule has 0 saturated carbocycles. The molecule has 0 spiro atoms. The number of anilines is 1. The van der Waals surface area contributed by atoms with Crippen LogP contribution in [-0.2, 0) is 11.2 Å². The van der Waals surface area contributed by atoms with Crippen LogP contribution in [0.3, 0.4) is 0 Å². The first-order valence-electron chi connectivity index (χ1n) is 6.49. The van der Waals surface area contributed by atoms with Gasteiger partial charge in [0.1, 0.15) is 17.9 Å². The molecule has 1 heterocycles. The van der Waals surface area contributed by atoms with E-state index in [1.165, 1.54) is 11.9 Å². The minimum absolute atomic E-state index is 0.564. The number of nitrogens with zero attached hydrogens (tertiary/aromatic N) is 2. The zero-order valence-corrected chi connectivity index (χ0v) is 12.0. The number of hydrogen-bond acceptors (Lipinski definition) is 5. The quantitative estimate of drug-likeness (QED) is 0.877. The van der Waals surface area contributed by atoms with Gasteiger partial charge in [0.05, 0.1) is 12.2 Å². The Kier molecular flexibility index (Phi) is 4.90. The molecule has 0 aliphatic heterocycles. The van der Waals surface area contributed by atoms with Crippen molar-refractivity contribution in [3.63, 3.8) is 0 Å². The molecule has 106 valence electrons. The second kappa shape index (κ2) is 6.86. The molecule has 0 amide bonds. The Bertz CT molecular complexity index is 556. The highest BCUT2D eigenvalue weighted by atomic mass is 16.5. The van der Waals surface area contributed by atoms with Crippen molar-refractivity contribution >= 4 is 5.82 Å². The van der Waals surface area contributed by atoms with E-state index >= 15 is 0 Å². The van der Waals surface area contributed by atoms with Crippen LogP contribution in [0.25, 0.3) is 0 Å². The average molecular weight is 273 g/mol. The van der Waals surface area contributed by atoms with E-state index < -0.39 is 0 Å². The number of aromatic nitrogens is 2. The SMILES string of the molecule is CNc1ncnc(Oc2ccc(CCOC)cc2)c1C. The van der Waals surface area contributed by atoms with Crippen LogP contribution in [0.2, 0.25) is 0 Å². The summed E-state index contributed by atoms with van der Waals surface area (Å²) in [6, 6.07) is 7.94. The van der Waals surface area contributed by atoms with E-state index in [4.69, 9.17) is 9.47 Å². The summed E-state index contributed by atoms with van der Waals surface area (Å²) in [7, 11) is 3.53. The number of methoxy groups -OCH3 is 1.